The number of carbonyl (C=O) groups excluding carboxylic acids is 1. The van der Waals surface area contributed by atoms with Crippen LogP contribution in [0.5, 0.6) is 0 Å². The summed E-state index contributed by atoms with van der Waals surface area (Å²) in [6.07, 6.45) is 1.73. The molecule has 2 N–H and O–H groups in total. The van der Waals surface area contributed by atoms with Gasteiger partial charge >= 0.3 is 0 Å². The first-order valence-corrected chi connectivity index (χ1v) is 6.14. The first-order chi connectivity index (χ1) is 8.24. The Balaban J connectivity index is 1.75. The van der Waals surface area contributed by atoms with Gasteiger partial charge in [0.05, 0.1) is 12.2 Å². The Morgan fingerprint density at radius 1 is 1.59 bits per heavy atom. The van der Waals surface area contributed by atoms with Crippen molar-refractivity contribution in [2.75, 3.05) is 13.1 Å². The third-order valence-electron chi connectivity index (χ3n) is 3.05. The maximum Gasteiger partial charge on any atom is 0.220 e. The number of amides is 1. The molecule has 1 fully saturated rings. The van der Waals surface area contributed by atoms with Gasteiger partial charge in [-0.25, -0.2) is 0 Å². The van der Waals surface area contributed by atoms with Crippen molar-refractivity contribution in [2.24, 2.45) is 5.92 Å². The average Bonchev–Trinajstić information content (AvgIpc) is 2.79. The van der Waals surface area contributed by atoms with Crippen LogP contribution in [0.4, 0.5) is 0 Å². The van der Waals surface area contributed by atoms with Crippen LogP contribution in [-0.4, -0.2) is 24.0 Å². The molecular formula is C13H19N3O. The number of aryl methyl sites for hydroxylation is 1. The summed E-state index contributed by atoms with van der Waals surface area (Å²) in [5.74, 6) is 0.627. The molecule has 1 amide bonds. The molecule has 0 aliphatic carbocycles. The number of hydrogen-bond donors (Lipinski definition) is 2. The lowest BCUT2D eigenvalue weighted by atomic mass is 10.0. The standard InChI is InChI=1S/C13H19N3O/c1-10-3-2-4-12(16-10)9-15-13(17)7-11-5-6-14-8-11/h2-4,11,14H,5-9H2,1H3,(H,15,17). The summed E-state index contributed by atoms with van der Waals surface area (Å²) in [7, 11) is 0. The number of pyridine rings is 1. The summed E-state index contributed by atoms with van der Waals surface area (Å²) in [6, 6.07) is 5.85. The van der Waals surface area contributed by atoms with Crippen molar-refractivity contribution >= 4 is 5.91 Å². The highest BCUT2D eigenvalue weighted by Crippen LogP contribution is 2.11. The fourth-order valence-electron chi connectivity index (χ4n) is 2.11. The molecule has 0 bridgehead atoms. The van der Waals surface area contributed by atoms with Gasteiger partial charge < -0.3 is 10.6 Å². The second-order valence-electron chi connectivity index (χ2n) is 4.61. The van der Waals surface area contributed by atoms with Crippen LogP contribution in [0.25, 0.3) is 0 Å². The molecule has 2 rings (SSSR count). The molecule has 17 heavy (non-hydrogen) atoms. The minimum Gasteiger partial charge on any atom is -0.350 e. The highest BCUT2D eigenvalue weighted by atomic mass is 16.1. The van der Waals surface area contributed by atoms with Crippen LogP contribution >= 0.6 is 0 Å². The first kappa shape index (κ1) is 12.0. The van der Waals surface area contributed by atoms with Crippen LogP contribution in [0.2, 0.25) is 0 Å². The molecule has 0 aromatic carbocycles. The van der Waals surface area contributed by atoms with Gasteiger partial charge in [0.1, 0.15) is 0 Å². The van der Waals surface area contributed by atoms with Gasteiger partial charge in [0.25, 0.3) is 0 Å². The van der Waals surface area contributed by atoms with Crippen LogP contribution in [-0.2, 0) is 11.3 Å². The Morgan fingerprint density at radius 2 is 2.47 bits per heavy atom. The number of aromatic nitrogens is 1. The second-order valence-corrected chi connectivity index (χ2v) is 4.61. The van der Waals surface area contributed by atoms with Gasteiger partial charge in [-0.3, -0.25) is 9.78 Å². The minimum absolute atomic E-state index is 0.127. The molecule has 0 saturated carbocycles. The molecule has 2 heterocycles. The summed E-state index contributed by atoms with van der Waals surface area (Å²) >= 11 is 0. The van der Waals surface area contributed by atoms with Gasteiger partial charge in [-0.05, 0) is 44.5 Å². The maximum absolute atomic E-state index is 11.7. The van der Waals surface area contributed by atoms with Gasteiger partial charge in [-0.15, -0.1) is 0 Å². The molecule has 0 spiro atoms. The van der Waals surface area contributed by atoms with E-state index in [4.69, 9.17) is 0 Å². The molecule has 1 aliphatic heterocycles. The number of hydrogen-bond acceptors (Lipinski definition) is 3. The molecule has 4 heteroatoms. The predicted octanol–water partition coefficient (Wildman–Crippen LogP) is 1.01. The minimum atomic E-state index is 0.127. The summed E-state index contributed by atoms with van der Waals surface area (Å²) in [5.41, 5.74) is 1.90. The van der Waals surface area contributed by atoms with E-state index in [0.29, 0.717) is 18.9 Å². The molecule has 1 aromatic rings. The van der Waals surface area contributed by atoms with Crippen LogP contribution in [0.3, 0.4) is 0 Å². The van der Waals surface area contributed by atoms with Gasteiger partial charge in [-0.1, -0.05) is 6.07 Å². The Bertz CT molecular complexity index is 386. The second kappa shape index (κ2) is 5.77. The van der Waals surface area contributed by atoms with E-state index in [1.165, 1.54) is 0 Å². The summed E-state index contributed by atoms with van der Waals surface area (Å²) in [4.78, 5) is 16.0. The van der Waals surface area contributed by atoms with Gasteiger partial charge in [-0.2, -0.15) is 0 Å². The van der Waals surface area contributed by atoms with E-state index in [1.807, 2.05) is 25.1 Å². The van der Waals surface area contributed by atoms with Crippen molar-refractivity contribution in [3.63, 3.8) is 0 Å². The molecular weight excluding hydrogens is 214 g/mol. The highest BCUT2D eigenvalue weighted by Gasteiger charge is 2.17. The molecule has 1 unspecified atom stereocenters. The molecule has 1 aliphatic rings. The number of nitrogens with zero attached hydrogens (tertiary/aromatic N) is 1. The van der Waals surface area contributed by atoms with E-state index in [0.717, 1.165) is 30.9 Å². The van der Waals surface area contributed by atoms with E-state index >= 15 is 0 Å². The Labute approximate surface area is 102 Å². The fraction of sp³-hybridized carbons (Fsp3) is 0.538. The number of rotatable bonds is 4. The smallest absolute Gasteiger partial charge is 0.220 e. The lowest BCUT2D eigenvalue weighted by Gasteiger charge is -2.09. The van der Waals surface area contributed by atoms with Crippen LogP contribution in [0, 0.1) is 12.8 Å². The zero-order valence-corrected chi connectivity index (χ0v) is 10.2. The lowest BCUT2D eigenvalue weighted by Crippen LogP contribution is -2.26. The Morgan fingerprint density at radius 3 is 3.18 bits per heavy atom. The molecule has 1 saturated heterocycles. The normalized spacial score (nSPS) is 19.2. The van der Waals surface area contributed by atoms with Crippen LogP contribution < -0.4 is 10.6 Å². The number of carbonyl (C=O) groups is 1. The summed E-state index contributed by atoms with van der Waals surface area (Å²) < 4.78 is 0. The van der Waals surface area contributed by atoms with Crippen molar-refractivity contribution < 1.29 is 4.79 Å². The van der Waals surface area contributed by atoms with E-state index in [9.17, 15) is 4.79 Å². The Hall–Kier alpha value is -1.42. The quantitative estimate of drug-likeness (QED) is 0.816. The van der Waals surface area contributed by atoms with Crippen molar-refractivity contribution in [3.05, 3.63) is 29.6 Å². The lowest BCUT2D eigenvalue weighted by molar-refractivity contribution is -0.122. The predicted molar refractivity (Wildman–Crippen MR) is 66.4 cm³/mol. The molecule has 92 valence electrons. The van der Waals surface area contributed by atoms with E-state index in [2.05, 4.69) is 15.6 Å². The Kier molecular flexibility index (Phi) is 4.09. The fourth-order valence-corrected chi connectivity index (χ4v) is 2.11. The monoisotopic (exact) mass is 233 g/mol. The molecule has 4 nitrogen and oxygen atoms in total. The topological polar surface area (TPSA) is 54.0 Å². The van der Waals surface area contributed by atoms with Crippen LogP contribution in [0.1, 0.15) is 24.2 Å². The SMILES string of the molecule is Cc1cccc(CNC(=O)CC2CCNC2)n1. The average molecular weight is 233 g/mol. The zero-order chi connectivity index (χ0) is 12.1. The van der Waals surface area contributed by atoms with Crippen molar-refractivity contribution in [2.45, 2.75) is 26.3 Å². The zero-order valence-electron chi connectivity index (χ0n) is 10.2. The van der Waals surface area contributed by atoms with E-state index in [-0.39, 0.29) is 5.91 Å². The van der Waals surface area contributed by atoms with Crippen LogP contribution in [0.15, 0.2) is 18.2 Å². The van der Waals surface area contributed by atoms with Gasteiger partial charge in [0.15, 0.2) is 0 Å². The third kappa shape index (κ3) is 3.82. The third-order valence-corrected chi connectivity index (χ3v) is 3.05. The van der Waals surface area contributed by atoms with Crippen molar-refractivity contribution in [1.29, 1.82) is 0 Å². The largest absolute Gasteiger partial charge is 0.350 e. The van der Waals surface area contributed by atoms with Gasteiger partial charge in [0.2, 0.25) is 5.91 Å². The molecule has 0 radical (unpaired) electrons. The summed E-state index contributed by atoms with van der Waals surface area (Å²) in [6.45, 7) is 4.49. The maximum atomic E-state index is 11.7. The molecule has 1 atom stereocenters. The number of nitrogens with one attached hydrogen (secondary N) is 2. The van der Waals surface area contributed by atoms with Crippen molar-refractivity contribution in [1.82, 2.24) is 15.6 Å². The first-order valence-electron chi connectivity index (χ1n) is 6.14. The van der Waals surface area contributed by atoms with E-state index < -0.39 is 0 Å². The highest BCUT2D eigenvalue weighted by molar-refractivity contribution is 5.76. The van der Waals surface area contributed by atoms with Crippen molar-refractivity contribution in [3.8, 4) is 0 Å². The molecule has 1 aromatic heterocycles. The van der Waals surface area contributed by atoms with Gasteiger partial charge in [0, 0.05) is 12.1 Å². The summed E-state index contributed by atoms with van der Waals surface area (Å²) in [5, 5.41) is 6.19. The van der Waals surface area contributed by atoms with E-state index in [1.54, 1.807) is 0 Å².